The monoisotopic (exact) mass is 438 g/mol. The Hall–Kier alpha value is -3.16. The first-order chi connectivity index (χ1) is 15.2. The fraction of sp³-hybridized carbons (Fsp3) is 0.500. The Labute approximate surface area is 187 Å². The number of hydrogen-bond acceptors (Lipinski definition) is 5. The number of anilines is 1. The fourth-order valence-electron chi connectivity index (χ4n) is 4.64. The predicted molar refractivity (Wildman–Crippen MR) is 120 cm³/mol. The van der Waals surface area contributed by atoms with Crippen molar-refractivity contribution in [3.8, 4) is 0 Å². The largest absolute Gasteiger partial charge is 0.461 e. The maximum Gasteiger partial charge on any atom is 0.358 e. The second-order valence-electron chi connectivity index (χ2n) is 8.95. The Morgan fingerprint density at radius 3 is 2.62 bits per heavy atom. The smallest absolute Gasteiger partial charge is 0.358 e. The van der Waals surface area contributed by atoms with Gasteiger partial charge in [0.2, 0.25) is 5.91 Å². The Morgan fingerprint density at radius 2 is 1.94 bits per heavy atom. The summed E-state index contributed by atoms with van der Waals surface area (Å²) in [6.45, 7) is 7.71. The van der Waals surface area contributed by atoms with Crippen LogP contribution >= 0.6 is 0 Å². The number of amides is 2. The molecule has 1 fully saturated rings. The van der Waals surface area contributed by atoms with E-state index in [1.807, 2.05) is 32.0 Å². The summed E-state index contributed by atoms with van der Waals surface area (Å²) >= 11 is 0. The highest BCUT2D eigenvalue weighted by Crippen LogP contribution is 2.35. The molecule has 0 bridgehead atoms. The summed E-state index contributed by atoms with van der Waals surface area (Å²) in [6.07, 6.45) is 4.07. The molecule has 2 amide bonds. The lowest BCUT2D eigenvalue weighted by Gasteiger charge is -2.44. The quantitative estimate of drug-likeness (QED) is 0.724. The van der Waals surface area contributed by atoms with E-state index in [2.05, 4.69) is 10.4 Å². The zero-order valence-corrected chi connectivity index (χ0v) is 19.1. The molecule has 1 aromatic carbocycles. The van der Waals surface area contributed by atoms with Crippen LogP contribution in [0.2, 0.25) is 0 Å². The van der Waals surface area contributed by atoms with Crippen molar-refractivity contribution in [2.24, 2.45) is 0 Å². The molecule has 8 nitrogen and oxygen atoms in total. The van der Waals surface area contributed by atoms with Crippen molar-refractivity contribution in [3.63, 3.8) is 0 Å². The highest BCUT2D eigenvalue weighted by atomic mass is 16.5. The Bertz CT molecular complexity index is 1070. The lowest BCUT2D eigenvalue weighted by Crippen LogP contribution is -2.65. The molecule has 1 aliphatic heterocycles. The molecular weight excluding hydrogens is 408 g/mol. The van der Waals surface area contributed by atoms with Crippen LogP contribution in [0.25, 0.3) is 0 Å². The van der Waals surface area contributed by atoms with E-state index in [-0.39, 0.29) is 42.4 Å². The number of aryl methyl sites for hydroxylation is 2. The number of nitrogens with one attached hydrogen (secondary N) is 1. The van der Waals surface area contributed by atoms with Crippen LogP contribution in [0.15, 0.2) is 24.3 Å². The van der Waals surface area contributed by atoms with E-state index in [0.29, 0.717) is 5.69 Å². The van der Waals surface area contributed by atoms with Gasteiger partial charge >= 0.3 is 5.97 Å². The summed E-state index contributed by atoms with van der Waals surface area (Å²) in [5.74, 6) is -1.16. The zero-order chi connectivity index (χ0) is 23.0. The molecule has 1 atom stereocenters. The minimum atomic E-state index is -1.21. The Kier molecular flexibility index (Phi) is 5.79. The third kappa shape index (κ3) is 3.78. The Balaban J connectivity index is 1.80. The van der Waals surface area contributed by atoms with Gasteiger partial charge < -0.3 is 10.1 Å². The summed E-state index contributed by atoms with van der Waals surface area (Å²) in [5, 5.41) is 7.47. The molecule has 1 aromatic heterocycles. The van der Waals surface area contributed by atoms with Gasteiger partial charge in [0, 0.05) is 17.8 Å². The average molecular weight is 439 g/mol. The highest BCUT2D eigenvalue weighted by Gasteiger charge is 2.50. The molecule has 32 heavy (non-hydrogen) atoms. The first-order valence-corrected chi connectivity index (χ1v) is 11.2. The maximum absolute atomic E-state index is 13.8. The number of ether oxygens (including phenoxy) is 1. The third-order valence-corrected chi connectivity index (χ3v) is 6.42. The molecule has 2 heterocycles. The van der Waals surface area contributed by atoms with Gasteiger partial charge in [0.05, 0.1) is 13.2 Å². The van der Waals surface area contributed by atoms with Crippen LogP contribution in [0.5, 0.6) is 0 Å². The molecule has 170 valence electrons. The first kappa shape index (κ1) is 22.0. The van der Waals surface area contributed by atoms with Crippen molar-refractivity contribution in [2.45, 2.75) is 71.5 Å². The number of hydrogen-bond donors (Lipinski definition) is 1. The van der Waals surface area contributed by atoms with Crippen LogP contribution in [-0.4, -0.2) is 45.8 Å². The molecule has 0 unspecified atom stereocenters. The number of rotatable bonds is 5. The SMILES string of the molecule is CCOC(=O)c1cc2n(n1)C[C@](C)(C(=O)NC1CCCC1)N(c1cc(C)ccc1C)C2=O. The fourth-order valence-corrected chi connectivity index (χ4v) is 4.64. The van der Waals surface area contributed by atoms with Gasteiger partial charge in [-0.1, -0.05) is 25.0 Å². The molecule has 0 radical (unpaired) electrons. The summed E-state index contributed by atoms with van der Waals surface area (Å²) in [6, 6.07) is 7.42. The molecular formula is C24H30N4O4. The van der Waals surface area contributed by atoms with Crippen LogP contribution in [-0.2, 0) is 16.1 Å². The normalized spacial score (nSPS) is 20.9. The average Bonchev–Trinajstić information content (AvgIpc) is 3.40. The van der Waals surface area contributed by atoms with Crippen LogP contribution in [0, 0.1) is 13.8 Å². The highest BCUT2D eigenvalue weighted by molar-refractivity contribution is 6.12. The summed E-state index contributed by atoms with van der Waals surface area (Å²) in [5.41, 5.74) is 1.69. The number of benzene rings is 1. The zero-order valence-electron chi connectivity index (χ0n) is 19.1. The van der Waals surface area contributed by atoms with Gasteiger partial charge in [-0.15, -0.1) is 0 Å². The van der Waals surface area contributed by atoms with E-state index >= 15 is 0 Å². The van der Waals surface area contributed by atoms with Gasteiger partial charge in [0.15, 0.2) is 5.69 Å². The van der Waals surface area contributed by atoms with Crippen LogP contribution in [0.4, 0.5) is 5.69 Å². The molecule has 2 aromatic rings. The summed E-state index contributed by atoms with van der Waals surface area (Å²) in [7, 11) is 0. The maximum atomic E-state index is 13.8. The van der Waals surface area contributed by atoms with Gasteiger partial charge in [-0.3, -0.25) is 19.2 Å². The lowest BCUT2D eigenvalue weighted by molar-refractivity contribution is -0.127. The van der Waals surface area contributed by atoms with E-state index in [0.717, 1.165) is 36.8 Å². The van der Waals surface area contributed by atoms with E-state index in [9.17, 15) is 14.4 Å². The topological polar surface area (TPSA) is 93.5 Å². The summed E-state index contributed by atoms with van der Waals surface area (Å²) in [4.78, 5) is 41.2. The second-order valence-corrected chi connectivity index (χ2v) is 8.95. The number of carbonyl (C=O) groups excluding carboxylic acids is 3. The van der Waals surface area contributed by atoms with Crippen molar-refractivity contribution in [1.82, 2.24) is 15.1 Å². The van der Waals surface area contributed by atoms with Crippen molar-refractivity contribution < 1.29 is 19.1 Å². The number of fused-ring (bicyclic) bond motifs is 1. The molecule has 1 N–H and O–H groups in total. The van der Waals surface area contributed by atoms with E-state index < -0.39 is 11.5 Å². The minimum absolute atomic E-state index is 0.0663. The van der Waals surface area contributed by atoms with Crippen LogP contribution in [0.3, 0.4) is 0 Å². The van der Waals surface area contributed by atoms with E-state index in [1.54, 1.807) is 18.7 Å². The van der Waals surface area contributed by atoms with E-state index in [1.165, 1.54) is 10.7 Å². The molecule has 0 saturated heterocycles. The van der Waals surface area contributed by atoms with Crippen molar-refractivity contribution in [1.29, 1.82) is 0 Å². The Morgan fingerprint density at radius 1 is 1.22 bits per heavy atom. The van der Waals surface area contributed by atoms with Crippen molar-refractivity contribution in [3.05, 3.63) is 46.8 Å². The molecule has 8 heteroatoms. The summed E-state index contributed by atoms with van der Waals surface area (Å²) < 4.78 is 6.52. The van der Waals surface area contributed by atoms with Gasteiger partial charge in [0.25, 0.3) is 5.91 Å². The molecule has 1 aliphatic carbocycles. The molecule has 2 aliphatic rings. The van der Waals surface area contributed by atoms with Gasteiger partial charge in [-0.25, -0.2) is 4.79 Å². The number of carbonyl (C=O) groups is 3. The first-order valence-electron chi connectivity index (χ1n) is 11.2. The molecule has 4 rings (SSSR count). The van der Waals surface area contributed by atoms with Gasteiger partial charge in [-0.05, 0) is 57.7 Å². The van der Waals surface area contributed by atoms with Gasteiger partial charge in [-0.2, -0.15) is 5.10 Å². The van der Waals surface area contributed by atoms with Gasteiger partial charge in [0.1, 0.15) is 11.2 Å². The number of nitrogens with zero attached hydrogens (tertiary/aromatic N) is 3. The second kappa shape index (κ2) is 8.41. The van der Waals surface area contributed by atoms with Crippen LogP contribution in [0.1, 0.15) is 71.6 Å². The number of aromatic nitrogens is 2. The third-order valence-electron chi connectivity index (χ3n) is 6.42. The molecule has 0 spiro atoms. The lowest BCUT2D eigenvalue weighted by atomic mass is 9.92. The van der Waals surface area contributed by atoms with Crippen LogP contribution < -0.4 is 10.2 Å². The standard InChI is InChI=1S/C24H30N4O4/c1-5-32-22(30)18-13-20-21(29)28(19-12-15(2)10-11-16(19)3)24(4,14-27(20)26-18)23(31)25-17-8-6-7-9-17/h10-13,17H,5-9,14H2,1-4H3,(H,25,31)/t24-/m1/s1. The number of esters is 1. The van der Waals surface area contributed by atoms with Crippen molar-refractivity contribution in [2.75, 3.05) is 11.5 Å². The van der Waals surface area contributed by atoms with Crippen molar-refractivity contribution >= 4 is 23.5 Å². The minimum Gasteiger partial charge on any atom is -0.461 e. The van der Waals surface area contributed by atoms with E-state index in [4.69, 9.17) is 4.74 Å². The predicted octanol–water partition coefficient (Wildman–Crippen LogP) is 3.15. The molecule has 1 saturated carbocycles.